The highest BCUT2D eigenvalue weighted by molar-refractivity contribution is 5.88. The second kappa shape index (κ2) is 5.80. The lowest BCUT2D eigenvalue weighted by molar-refractivity contribution is 0.557. The van der Waals surface area contributed by atoms with Crippen LogP contribution in [0.4, 0.5) is 0 Å². The van der Waals surface area contributed by atoms with Gasteiger partial charge in [0, 0.05) is 5.71 Å². The van der Waals surface area contributed by atoms with E-state index in [9.17, 15) is 0 Å². The Morgan fingerprint density at radius 3 is 2.62 bits per heavy atom. The Labute approximate surface area is 84.9 Å². The summed E-state index contributed by atoms with van der Waals surface area (Å²) < 4.78 is 0. The molecule has 1 aliphatic rings. The summed E-state index contributed by atoms with van der Waals surface area (Å²) in [5, 5.41) is 7.68. The lowest BCUT2D eigenvalue weighted by Crippen LogP contribution is -2.23. The van der Waals surface area contributed by atoms with Crippen LogP contribution in [0.15, 0.2) is 10.2 Å². The van der Waals surface area contributed by atoms with E-state index in [1.165, 1.54) is 19.3 Å². The molecule has 0 aromatic rings. The molecule has 0 aromatic heterocycles. The Bertz CT molecular complexity index is 208. The van der Waals surface area contributed by atoms with Gasteiger partial charge in [-0.1, -0.05) is 13.3 Å². The third kappa shape index (κ3) is 4.12. The molecule has 1 saturated carbocycles. The maximum absolute atomic E-state index is 5.18. The van der Waals surface area contributed by atoms with Crippen molar-refractivity contribution in [1.82, 2.24) is 0 Å². The van der Waals surface area contributed by atoms with Crippen LogP contribution in [0.2, 0.25) is 0 Å². The first kappa shape index (κ1) is 12.2. The van der Waals surface area contributed by atoms with Crippen LogP contribution in [0, 0.1) is 5.92 Å². The Hall–Kier alpha value is -0.770. The summed E-state index contributed by atoms with van der Waals surface area (Å²) >= 11 is 0. The normalized spacial score (nSPS) is 25.0. The van der Waals surface area contributed by atoms with Crippen LogP contribution in [0.1, 0.15) is 32.6 Å². The maximum Gasteiger partial charge on any atom is 0.211 e. The first-order valence-electron chi connectivity index (χ1n) is 4.35. The van der Waals surface area contributed by atoms with Crippen molar-refractivity contribution in [2.45, 2.75) is 32.6 Å². The molecule has 1 fully saturated rings. The highest BCUT2D eigenvalue weighted by Crippen LogP contribution is 2.20. The summed E-state index contributed by atoms with van der Waals surface area (Å²) in [6.45, 7) is 2.17. The summed E-state index contributed by atoms with van der Waals surface area (Å²) in [4.78, 5) is 0. The van der Waals surface area contributed by atoms with Gasteiger partial charge in [0.05, 0.1) is 0 Å². The average molecular weight is 205 g/mol. The highest BCUT2D eigenvalue weighted by atomic mass is 35.5. The van der Waals surface area contributed by atoms with E-state index in [0.717, 1.165) is 12.1 Å². The second-order valence-electron chi connectivity index (χ2n) is 3.26. The molecule has 1 aliphatic carbocycles. The number of hydrogen-bond acceptors (Lipinski definition) is 2. The van der Waals surface area contributed by atoms with E-state index < -0.39 is 0 Å². The molecule has 0 spiro atoms. The molecule has 0 aromatic carbocycles. The molecule has 0 radical (unpaired) electrons. The minimum absolute atomic E-state index is 0. The van der Waals surface area contributed by atoms with Crippen LogP contribution in [-0.2, 0) is 0 Å². The van der Waals surface area contributed by atoms with Crippen LogP contribution < -0.4 is 11.5 Å². The van der Waals surface area contributed by atoms with Crippen molar-refractivity contribution in [2.75, 3.05) is 0 Å². The van der Waals surface area contributed by atoms with Crippen molar-refractivity contribution in [3.63, 3.8) is 0 Å². The van der Waals surface area contributed by atoms with Gasteiger partial charge in [-0.25, -0.2) is 0 Å². The van der Waals surface area contributed by atoms with Gasteiger partial charge in [-0.3, -0.25) is 0 Å². The molecule has 76 valence electrons. The lowest BCUT2D eigenvalue weighted by Gasteiger charge is -2.18. The average Bonchev–Trinajstić information content (AvgIpc) is 2.03. The topological polar surface area (TPSA) is 76.8 Å². The fraction of sp³-hybridized carbons (Fsp3) is 0.750. The molecule has 4 nitrogen and oxygen atoms in total. The summed E-state index contributed by atoms with van der Waals surface area (Å²) in [5.41, 5.74) is 11.5. The van der Waals surface area contributed by atoms with Gasteiger partial charge >= 0.3 is 0 Å². The Kier molecular flexibility index (Phi) is 5.46. The number of nitrogens with two attached hydrogens (primary N) is 2. The fourth-order valence-corrected chi connectivity index (χ4v) is 1.44. The zero-order valence-electron chi connectivity index (χ0n) is 7.86. The summed E-state index contributed by atoms with van der Waals surface area (Å²) in [6, 6.07) is 0. The van der Waals surface area contributed by atoms with Crippen LogP contribution in [0.25, 0.3) is 0 Å². The molecule has 5 heteroatoms. The van der Waals surface area contributed by atoms with E-state index in [4.69, 9.17) is 11.5 Å². The maximum atomic E-state index is 5.18. The standard InChI is InChI=1S/C8H16N4.ClH/c1-6-4-2-3-5-7(6)11-12-8(9)10;/h6H,2-5H2,1H3,(H4,9,10,12);1H/b11-7+;. The molecule has 0 aliphatic heterocycles. The number of rotatable bonds is 1. The molecule has 1 atom stereocenters. The second-order valence-corrected chi connectivity index (χ2v) is 3.26. The SMILES string of the molecule is CC1CCCC/C1=N\N=C(N)N.Cl. The Balaban J connectivity index is 0.00000144. The van der Waals surface area contributed by atoms with Crippen LogP contribution >= 0.6 is 12.4 Å². The highest BCUT2D eigenvalue weighted by Gasteiger charge is 2.15. The molecule has 1 rings (SSSR count). The van der Waals surface area contributed by atoms with Gasteiger partial charge < -0.3 is 11.5 Å². The molecule has 0 bridgehead atoms. The van der Waals surface area contributed by atoms with Gasteiger partial charge in [0.1, 0.15) is 0 Å². The van der Waals surface area contributed by atoms with Crippen molar-refractivity contribution in [3.8, 4) is 0 Å². The van der Waals surface area contributed by atoms with Crippen molar-refractivity contribution in [3.05, 3.63) is 0 Å². The molecule has 0 heterocycles. The quantitative estimate of drug-likeness (QED) is 0.383. The largest absolute Gasteiger partial charge is 0.369 e. The molecule has 4 N–H and O–H groups in total. The van der Waals surface area contributed by atoms with E-state index in [-0.39, 0.29) is 18.4 Å². The number of hydrogen-bond donors (Lipinski definition) is 2. The van der Waals surface area contributed by atoms with E-state index >= 15 is 0 Å². The monoisotopic (exact) mass is 204 g/mol. The van der Waals surface area contributed by atoms with Gasteiger partial charge in [-0.05, 0) is 25.2 Å². The Morgan fingerprint density at radius 1 is 1.38 bits per heavy atom. The van der Waals surface area contributed by atoms with E-state index in [2.05, 4.69) is 17.1 Å². The molecule has 1 unspecified atom stereocenters. The van der Waals surface area contributed by atoms with Crippen molar-refractivity contribution in [1.29, 1.82) is 0 Å². The summed E-state index contributed by atoms with van der Waals surface area (Å²) in [6.07, 6.45) is 4.75. The first-order chi connectivity index (χ1) is 5.70. The van der Waals surface area contributed by atoms with Crippen molar-refractivity contribution >= 4 is 24.1 Å². The minimum atomic E-state index is 0. The van der Waals surface area contributed by atoms with Gasteiger partial charge in [-0.15, -0.1) is 17.5 Å². The third-order valence-electron chi connectivity index (χ3n) is 2.18. The smallest absolute Gasteiger partial charge is 0.211 e. The summed E-state index contributed by atoms with van der Waals surface area (Å²) in [7, 11) is 0. The molecular weight excluding hydrogens is 188 g/mol. The predicted molar refractivity (Wildman–Crippen MR) is 58.1 cm³/mol. The zero-order valence-corrected chi connectivity index (χ0v) is 8.68. The molecule has 0 saturated heterocycles. The van der Waals surface area contributed by atoms with Crippen LogP contribution in [0.5, 0.6) is 0 Å². The van der Waals surface area contributed by atoms with Crippen molar-refractivity contribution in [2.24, 2.45) is 27.6 Å². The minimum Gasteiger partial charge on any atom is -0.369 e. The fourth-order valence-electron chi connectivity index (χ4n) is 1.44. The molecule has 13 heavy (non-hydrogen) atoms. The van der Waals surface area contributed by atoms with Gasteiger partial charge in [-0.2, -0.15) is 5.10 Å². The molecular formula is C8H17ClN4. The van der Waals surface area contributed by atoms with Gasteiger partial charge in [0.25, 0.3) is 0 Å². The molecule has 0 amide bonds. The van der Waals surface area contributed by atoms with E-state index in [1.54, 1.807) is 0 Å². The van der Waals surface area contributed by atoms with Crippen LogP contribution in [0.3, 0.4) is 0 Å². The number of halogens is 1. The van der Waals surface area contributed by atoms with E-state index in [0.29, 0.717) is 5.92 Å². The van der Waals surface area contributed by atoms with Gasteiger partial charge in [0.15, 0.2) is 0 Å². The first-order valence-corrected chi connectivity index (χ1v) is 4.35. The predicted octanol–water partition coefficient (Wildman–Crippen LogP) is 1.25. The third-order valence-corrected chi connectivity index (χ3v) is 2.18. The van der Waals surface area contributed by atoms with Crippen LogP contribution in [-0.4, -0.2) is 11.7 Å². The van der Waals surface area contributed by atoms with Crippen molar-refractivity contribution < 1.29 is 0 Å². The Morgan fingerprint density at radius 2 is 2.08 bits per heavy atom. The number of guanidine groups is 1. The summed E-state index contributed by atoms with van der Waals surface area (Å²) in [5.74, 6) is 0.585. The lowest BCUT2D eigenvalue weighted by atomic mass is 9.89. The zero-order chi connectivity index (χ0) is 8.97. The van der Waals surface area contributed by atoms with Gasteiger partial charge in [0.2, 0.25) is 5.96 Å². The number of nitrogens with zero attached hydrogens (tertiary/aromatic N) is 2. The van der Waals surface area contributed by atoms with E-state index in [1.807, 2.05) is 0 Å².